The predicted molar refractivity (Wildman–Crippen MR) is 109 cm³/mol. The first kappa shape index (κ1) is 19.7. The predicted octanol–water partition coefficient (Wildman–Crippen LogP) is 3.78. The molecule has 1 N–H and O–H groups in total. The SMILES string of the molecule is Cc1cccc(OCCN2C(=O)COc3ccc(NC(=O)CC(C)C)cc32)c1. The first-order valence-corrected chi connectivity index (χ1v) is 9.49. The van der Waals surface area contributed by atoms with E-state index in [0.717, 1.165) is 11.3 Å². The molecule has 1 aliphatic rings. The number of benzene rings is 2. The van der Waals surface area contributed by atoms with E-state index in [1.165, 1.54) is 0 Å². The molecule has 6 heteroatoms. The van der Waals surface area contributed by atoms with Gasteiger partial charge < -0.3 is 19.7 Å². The number of aryl methyl sites for hydroxylation is 1. The first-order valence-electron chi connectivity index (χ1n) is 9.49. The van der Waals surface area contributed by atoms with Gasteiger partial charge in [-0.15, -0.1) is 0 Å². The third-order valence-corrected chi connectivity index (χ3v) is 4.35. The van der Waals surface area contributed by atoms with Crippen molar-refractivity contribution in [3.8, 4) is 11.5 Å². The molecule has 0 atom stereocenters. The van der Waals surface area contributed by atoms with E-state index in [9.17, 15) is 9.59 Å². The van der Waals surface area contributed by atoms with E-state index in [1.807, 2.05) is 45.0 Å². The summed E-state index contributed by atoms with van der Waals surface area (Å²) in [7, 11) is 0. The van der Waals surface area contributed by atoms with E-state index in [0.29, 0.717) is 36.7 Å². The maximum absolute atomic E-state index is 12.4. The molecule has 0 saturated carbocycles. The van der Waals surface area contributed by atoms with Crippen LogP contribution in [0.4, 0.5) is 11.4 Å². The molecule has 0 unspecified atom stereocenters. The Morgan fingerprint density at radius 2 is 2.07 bits per heavy atom. The van der Waals surface area contributed by atoms with Crippen LogP contribution >= 0.6 is 0 Å². The minimum Gasteiger partial charge on any atom is -0.492 e. The second-order valence-electron chi connectivity index (χ2n) is 7.33. The summed E-state index contributed by atoms with van der Waals surface area (Å²) in [5.41, 5.74) is 2.41. The highest BCUT2D eigenvalue weighted by atomic mass is 16.5. The third-order valence-electron chi connectivity index (χ3n) is 4.35. The molecular formula is C22H26N2O4. The van der Waals surface area contributed by atoms with Crippen molar-refractivity contribution >= 4 is 23.2 Å². The van der Waals surface area contributed by atoms with E-state index in [2.05, 4.69) is 5.32 Å². The molecule has 3 rings (SSSR count). The minimum absolute atomic E-state index is 0.00347. The van der Waals surface area contributed by atoms with Gasteiger partial charge in [0.05, 0.1) is 12.2 Å². The molecule has 0 aliphatic carbocycles. The number of ether oxygens (including phenoxy) is 2. The monoisotopic (exact) mass is 382 g/mol. The average Bonchev–Trinajstić information content (AvgIpc) is 2.63. The molecule has 2 aromatic rings. The molecule has 0 radical (unpaired) electrons. The van der Waals surface area contributed by atoms with Gasteiger partial charge in [-0.25, -0.2) is 0 Å². The number of amides is 2. The Bertz CT molecular complexity index is 863. The molecule has 1 heterocycles. The van der Waals surface area contributed by atoms with Crippen LogP contribution in [0.3, 0.4) is 0 Å². The molecule has 0 spiro atoms. The van der Waals surface area contributed by atoms with E-state index in [4.69, 9.17) is 9.47 Å². The fraction of sp³-hybridized carbons (Fsp3) is 0.364. The Morgan fingerprint density at radius 3 is 2.82 bits per heavy atom. The van der Waals surface area contributed by atoms with Gasteiger partial charge in [0.1, 0.15) is 18.1 Å². The standard InChI is InChI=1S/C22H26N2O4/c1-15(2)11-21(25)23-17-7-8-20-19(13-17)24(22(26)14-28-20)9-10-27-18-6-4-5-16(3)12-18/h4-8,12-13,15H,9-11,14H2,1-3H3,(H,23,25). The lowest BCUT2D eigenvalue weighted by Gasteiger charge is -2.29. The average molecular weight is 382 g/mol. The van der Waals surface area contributed by atoms with Crippen molar-refractivity contribution in [2.45, 2.75) is 27.2 Å². The molecule has 0 saturated heterocycles. The van der Waals surface area contributed by atoms with Crippen molar-refractivity contribution in [3.63, 3.8) is 0 Å². The van der Waals surface area contributed by atoms with Crippen LogP contribution < -0.4 is 19.7 Å². The van der Waals surface area contributed by atoms with Crippen LogP contribution in [0, 0.1) is 12.8 Å². The van der Waals surface area contributed by atoms with E-state index in [-0.39, 0.29) is 24.3 Å². The number of hydrogen-bond acceptors (Lipinski definition) is 4. The van der Waals surface area contributed by atoms with Crippen molar-refractivity contribution in [1.29, 1.82) is 0 Å². The topological polar surface area (TPSA) is 67.9 Å². The summed E-state index contributed by atoms with van der Waals surface area (Å²) in [6.45, 7) is 6.75. The van der Waals surface area contributed by atoms with Crippen molar-refractivity contribution in [1.82, 2.24) is 0 Å². The summed E-state index contributed by atoms with van der Waals surface area (Å²) in [4.78, 5) is 26.1. The molecule has 2 aromatic carbocycles. The second kappa shape index (κ2) is 8.78. The van der Waals surface area contributed by atoms with Crippen molar-refractivity contribution in [2.75, 3.05) is 30.0 Å². The minimum atomic E-state index is -0.133. The maximum atomic E-state index is 12.4. The fourth-order valence-electron chi connectivity index (χ4n) is 3.07. The molecule has 6 nitrogen and oxygen atoms in total. The van der Waals surface area contributed by atoms with Gasteiger partial charge >= 0.3 is 0 Å². The lowest BCUT2D eigenvalue weighted by molar-refractivity contribution is -0.121. The van der Waals surface area contributed by atoms with Gasteiger partial charge in [-0.3, -0.25) is 9.59 Å². The molecule has 2 amide bonds. The summed E-state index contributed by atoms with van der Waals surface area (Å²) in [6, 6.07) is 13.1. The maximum Gasteiger partial charge on any atom is 0.265 e. The summed E-state index contributed by atoms with van der Waals surface area (Å²) < 4.78 is 11.3. The summed E-state index contributed by atoms with van der Waals surface area (Å²) in [5.74, 6) is 1.49. The van der Waals surface area contributed by atoms with Crippen molar-refractivity contribution in [2.24, 2.45) is 5.92 Å². The number of anilines is 2. The Balaban J connectivity index is 1.69. The van der Waals surface area contributed by atoms with Crippen LogP contribution in [0.25, 0.3) is 0 Å². The molecule has 148 valence electrons. The summed E-state index contributed by atoms with van der Waals surface area (Å²) in [5, 5.41) is 2.88. The smallest absolute Gasteiger partial charge is 0.265 e. The van der Waals surface area contributed by atoms with Crippen LogP contribution in [-0.2, 0) is 9.59 Å². The van der Waals surface area contributed by atoms with Gasteiger partial charge in [0.25, 0.3) is 5.91 Å². The van der Waals surface area contributed by atoms with Gasteiger partial charge in [0, 0.05) is 12.1 Å². The number of hydrogen-bond donors (Lipinski definition) is 1. The zero-order valence-corrected chi connectivity index (χ0v) is 16.5. The quantitative estimate of drug-likeness (QED) is 0.791. The van der Waals surface area contributed by atoms with Crippen LogP contribution in [0.15, 0.2) is 42.5 Å². The number of carbonyl (C=O) groups is 2. The Kier molecular flexibility index (Phi) is 6.19. The van der Waals surface area contributed by atoms with Gasteiger partial charge in [0.15, 0.2) is 6.61 Å². The van der Waals surface area contributed by atoms with Gasteiger partial charge in [-0.1, -0.05) is 26.0 Å². The van der Waals surface area contributed by atoms with Crippen LogP contribution in [-0.4, -0.2) is 31.6 Å². The normalized spacial score (nSPS) is 13.1. The van der Waals surface area contributed by atoms with Crippen LogP contribution in [0.2, 0.25) is 0 Å². The highest BCUT2D eigenvalue weighted by Gasteiger charge is 2.26. The largest absolute Gasteiger partial charge is 0.492 e. The molecule has 0 bridgehead atoms. The zero-order chi connectivity index (χ0) is 20.1. The molecule has 0 aromatic heterocycles. The zero-order valence-electron chi connectivity index (χ0n) is 16.5. The van der Waals surface area contributed by atoms with Crippen molar-refractivity contribution in [3.05, 3.63) is 48.0 Å². The van der Waals surface area contributed by atoms with Gasteiger partial charge in [-0.2, -0.15) is 0 Å². The van der Waals surface area contributed by atoms with E-state index < -0.39 is 0 Å². The Hall–Kier alpha value is -3.02. The first-order chi connectivity index (χ1) is 13.4. The second-order valence-corrected chi connectivity index (χ2v) is 7.33. The summed E-state index contributed by atoms with van der Waals surface area (Å²) in [6.07, 6.45) is 0.445. The number of nitrogens with one attached hydrogen (secondary N) is 1. The van der Waals surface area contributed by atoms with Crippen LogP contribution in [0.5, 0.6) is 11.5 Å². The highest BCUT2D eigenvalue weighted by Crippen LogP contribution is 2.34. The molecule has 1 aliphatic heterocycles. The lowest BCUT2D eigenvalue weighted by Crippen LogP contribution is -2.41. The van der Waals surface area contributed by atoms with Crippen molar-refractivity contribution < 1.29 is 19.1 Å². The number of rotatable bonds is 7. The molecule has 0 fully saturated rings. The van der Waals surface area contributed by atoms with E-state index >= 15 is 0 Å². The highest BCUT2D eigenvalue weighted by molar-refractivity contribution is 5.99. The molecule has 28 heavy (non-hydrogen) atoms. The number of carbonyl (C=O) groups excluding carboxylic acids is 2. The fourth-order valence-corrected chi connectivity index (χ4v) is 3.07. The third kappa shape index (κ3) is 5.03. The summed E-state index contributed by atoms with van der Waals surface area (Å²) >= 11 is 0. The number of fused-ring (bicyclic) bond motifs is 1. The Morgan fingerprint density at radius 1 is 1.25 bits per heavy atom. The van der Waals surface area contributed by atoms with Gasteiger partial charge in [-0.05, 0) is 48.7 Å². The number of nitrogens with zero attached hydrogens (tertiary/aromatic N) is 1. The Labute approximate surface area is 165 Å². The lowest BCUT2D eigenvalue weighted by atomic mass is 10.1. The van der Waals surface area contributed by atoms with Gasteiger partial charge in [0.2, 0.25) is 5.91 Å². The van der Waals surface area contributed by atoms with E-state index in [1.54, 1.807) is 23.1 Å². The molecular weight excluding hydrogens is 356 g/mol. The van der Waals surface area contributed by atoms with Crippen LogP contribution in [0.1, 0.15) is 25.8 Å².